The van der Waals surface area contributed by atoms with Crippen molar-refractivity contribution in [1.29, 1.82) is 0 Å². The number of carbonyl (C=O) groups excluding carboxylic acids is 2. The van der Waals surface area contributed by atoms with Gasteiger partial charge in [-0.05, 0) is 86.5 Å². The Morgan fingerprint density at radius 1 is 1.17 bits per heavy atom. The summed E-state index contributed by atoms with van der Waals surface area (Å²) in [7, 11) is -4.03. The van der Waals surface area contributed by atoms with Crippen molar-refractivity contribution in [3.05, 3.63) is 61.4 Å². The molecular weight excluding hydrogens is 560 g/mol. The number of hydrogen-bond acceptors (Lipinski definition) is 6. The summed E-state index contributed by atoms with van der Waals surface area (Å²) in [6.45, 7) is 3.18. The van der Waals surface area contributed by atoms with Crippen LogP contribution in [0.5, 0.6) is 5.75 Å². The minimum Gasteiger partial charge on any atom is -0.377 e. The van der Waals surface area contributed by atoms with E-state index in [1.54, 1.807) is 30.3 Å². The molecule has 3 rings (SSSR count). The van der Waals surface area contributed by atoms with Crippen molar-refractivity contribution in [2.45, 2.75) is 18.7 Å². The fraction of sp³-hybridized carbons (Fsp3) is 0.105. The van der Waals surface area contributed by atoms with Gasteiger partial charge in [0.15, 0.2) is 10.9 Å². The molecule has 1 aliphatic heterocycles. The molecule has 1 heterocycles. The summed E-state index contributed by atoms with van der Waals surface area (Å²) >= 11 is 7.67. The van der Waals surface area contributed by atoms with E-state index in [-0.39, 0.29) is 21.7 Å². The number of rotatable bonds is 4. The SMILES string of the molecule is CC(=O)NC1=NC(=O)/C(=C/c2cc(Br)c(OS(=O)(=O)c3ccc(C)cc3)c(Br)c2)S1. The van der Waals surface area contributed by atoms with Crippen molar-refractivity contribution >= 4 is 76.8 Å². The number of benzene rings is 2. The Morgan fingerprint density at radius 3 is 2.33 bits per heavy atom. The van der Waals surface area contributed by atoms with Gasteiger partial charge in [0.05, 0.1) is 13.9 Å². The second-order valence-electron chi connectivity index (χ2n) is 6.18. The van der Waals surface area contributed by atoms with E-state index in [2.05, 4.69) is 42.2 Å². The van der Waals surface area contributed by atoms with Crippen LogP contribution >= 0.6 is 43.6 Å². The molecule has 2 aromatic carbocycles. The van der Waals surface area contributed by atoms with Gasteiger partial charge in [-0.3, -0.25) is 9.59 Å². The highest BCUT2D eigenvalue weighted by molar-refractivity contribution is 9.11. The highest BCUT2D eigenvalue weighted by Crippen LogP contribution is 2.38. The largest absolute Gasteiger partial charge is 0.377 e. The summed E-state index contributed by atoms with van der Waals surface area (Å²) in [5.41, 5.74) is 1.53. The predicted molar refractivity (Wildman–Crippen MR) is 123 cm³/mol. The van der Waals surface area contributed by atoms with Gasteiger partial charge >= 0.3 is 10.1 Å². The molecule has 0 saturated heterocycles. The molecule has 30 heavy (non-hydrogen) atoms. The third kappa shape index (κ3) is 5.39. The van der Waals surface area contributed by atoms with Crippen LogP contribution in [0.3, 0.4) is 0 Å². The molecule has 0 atom stereocenters. The van der Waals surface area contributed by atoms with E-state index in [0.717, 1.165) is 17.3 Å². The van der Waals surface area contributed by atoms with Crippen molar-refractivity contribution in [3.63, 3.8) is 0 Å². The second kappa shape index (κ2) is 9.04. The number of halogens is 2. The Morgan fingerprint density at radius 2 is 1.77 bits per heavy atom. The molecule has 7 nitrogen and oxygen atoms in total. The summed E-state index contributed by atoms with van der Waals surface area (Å²) in [6.07, 6.45) is 1.58. The Hall–Kier alpha value is -1.95. The van der Waals surface area contributed by atoms with Crippen LogP contribution < -0.4 is 9.50 Å². The first kappa shape index (κ1) is 22.7. The van der Waals surface area contributed by atoms with Crippen LogP contribution in [-0.2, 0) is 19.7 Å². The van der Waals surface area contributed by atoms with E-state index in [9.17, 15) is 18.0 Å². The molecule has 156 valence electrons. The predicted octanol–water partition coefficient (Wildman–Crippen LogP) is 4.39. The molecule has 0 radical (unpaired) electrons. The molecule has 0 saturated carbocycles. The summed E-state index contributed by atoms with van der Waals surface area (Å²) in [5.74, 6) is -0.714. The lowest BCUT2D eigenvalue weighted by Gasteiger charge is -2.12. The van der Waals surface area contributed by atoms with Crippen LogP contribution in [0, 0.1) is 6.92 Å². The minimum atomic E-state index is -4.03. The van der Waals surface area contributed by atoms with Crippen molar-refractivity contribution in [1.82, 2.24) is 5.32 Å². The normalized spacial score (nSPS) is 15.3. The molecule has 1 aliphatic rings. The van der Waals surface area contributed by atoms with Gasteiger partial charge in [0.2, 0.25) is 5.91 Å². The maximum atomic E-state index is 12.6. The number of thioether (sulfide) groups is 1. The minimum absolute atomic E-state index is 0.0358. The zero-order valence-corrected chi connectivity index (χ0v) is 20.4. The summed E-state index contributed by atoms with van der Waals surface area (Å²) < 4.78 is 31.2. The Labute approximate surface area is 194 Å². The van der Waals surface area contributed by atoms with Gasteiger partial charge in [-0.2, -0.15) is 13.4 Å². The van der Waals surface area contributed by atoms with Gasteiger partial charge in [-0.15, -0.1) is 0 Å². The van der Waals surface area contributed by atoms with E-state index in [1.807, 2.05) is 6.92 Å². The van der Waals surface area contributed by atoms with Gasteiger partial charge in [0.25, 0.3) is 5.91 Å². The first-order valence-corrected chi connectivity index (χ1v) is 12.2. The Kier molecular flexibility index (Phi) is 6.85. The molecule has 0 aromatic heterocycles. The fourth-order valence-corrected chi connectivity index (χ4v) is 5.79. The van der Waals surface area contributed by atoms with E-state index >= 15 is 0 Å². The molecule has 1 N–H and O–H groups in total. The van der Waals surface area contributed by atoms with Crippen LogP contribution in [0.15, 0.2) is 60.1 Å². The fourth-order valence-electron chi connectivity index (χ4n) is 2.37. The third-order valence-corrected chi connectivity index (χ3v) is 7.04. The summed E-state index contributed by atoms with van der Waals surface area (Å²) in [4.78, 5) is 27.3. The highest BCUT2D eigenvalue weighted by Gasteiger charge is 2.24. The first-order chi connectivity index (χ1) is 14.0. The lowest BCUT2D eigenvalue weighted by atomic mass is 10.2. The summed E-state index contributed by atoms with van der Waals surface area (Å²) in [6, 6.07) is 9.54. The van der Waals surface area contributed by atoms with Crippen LogP contribution in [0.1, 0.15) is 18.1 Å². The van der Waals surface area contributed by atoms with Crippen LogP contribution in [0.25, 0.3) is 6.08 Å². The topological polar surface area (TPSA) is 102 Å². The van der Waals surface area contributed by atoms with Crippen LogP contribution in [0.2, 0.25) is 0 Å². The molecule has 0 aliphatic carbocycles. The number of carbonyl (C=O) groups is 2. The maximum absolute atomic E-state index is 12.6. The molecule has 11 heteroatoms. The van der Waals surface area contributed by atoms with Gasteiger partial charge in [-0.25, -0.2) is 0 Å². The van der Waals surface area contributed by atoms with E-state index < -0.39 is 16.0 Å². The van der Waals surface area contributed by atoms with Crippen molar-refractivity contribution < 1.29 is 22.2 Å². The van der Waals surface area contributed by atoms with Crippen molar-refractivity contribution in [2.24, 2.45) is 4.99 Å². The van der Waals surface area contributed by atoms with Crippen molar-refractivity contribution in [2.75, 3.05) is 0 Å². The molecule has 0 unspecified atom stereocenters. The lowest BCUT2D eigenvalue weighted by Crippen LogP contribution is -2.23. The Bertz CT molecular complexity index is 1180. The molecule has 2 amide bonds. The molecule has 0 bridgehead atoms. The summed E-state index contributed by atoms with van der Waals surface area (Å²) in [5, 5.41) is 2.68. The number of amidine groups is 1. The number of aliphatic imine (C=N–C) groups is 1. The van der Waals surface area contributed by atoms with Crippen LogP contribution in [0.4, 0.5) is 0 Å². The molecular formula is C19H14Br2N2O5S2. The quantitative estimate of drug-likeness (QED) is 0.430. The van der Waals surface area contributed by atoms with Crippen LogP contribution in [-0.4, -0.2) is 25.4 Å². The lowest BCUT2D eigenvalue weighted by molar-refractivity contribution is -0.117. The maximum Gasteiger partial charge on any atom is 0.339 e. The third-order valence-electron chi connectivity index (χ3n) is 3.72. The number of nitrogens with one attached hydrogen (secondary N) is 1. The second-order valence-corrected chi connectivity index (χ2v) is 10.5. The van der Waals surface area contributed by atoms with Gasteiger partial charge in [0, 0.05) is 6.92 Å². The van der Waals surface area contributed by atoms with E-state index in [0.29, 0.717) is 19.4 Å². The number of nitrogens with zero attached hydrogens (tertiary/aromatic N) is 1. The average Bonchev–Trinajstić information content (AvgIpc) is 2.97. The molecule has 0 fully saturated rings. The van der Waals surface area contributed by atoms with E-state index in [1.165, 1.54) is 19.1 Å². The van der Waals surface area contributed by atoms with Crippen molar-refractivity contribution in [3.8, 4) is 5.75 Å². The standard InChI is InChI=1S/C19H14Br2N2O5S2/c1-10-3-5-13(6-4-10)30(26,27)28-17-14(20)7-12(8-15(17)21)9-16-18(25)23-19(29-16)22-11(2)24/h3-9H,1-2H3,(H,22,23,24,25)/b16-9-. The van der Waals surface area contributed by atoms with Gasteiger partial charge in [0.1, 0.15) is 4.90 Å². The Balaban J connectivity index is 1.85. The van der Waals surface area contributed by atoms with E-state index in [4.69, 9.17) is 4.18 Å². The number of aryl methyl sites for hydroxylation is 1. The smallest absolute Gasteiger partial charge is 0.339 e. The first-order valence-electron chi connectivity index (χ1n) is 8.35. The highest BCUT2D eigenvalue weighted by atomic mass is 79.9. The monoisotopic (exact) mass is 572 g/mol. The number of hydrogen-bond donors (Lipinski definition) is 1. The molecule has 2 aromatic rings. The molecule has 0 spiro atoms. The zero-order valence-electron chi connectivity index (χ0n) is 15.6. The zero-order chi connectivity index (χ0) is 22.1. The average molecular weight is 574 g/mol. The number of amides is 2. The van der Waals surface area contributed by atoms with Gasteiger partial charge < -0.3 is 9.50 Å². The van der Waals surface area contributed by atoms with Gasteiger partial charge in [-0.1, -0.05) is 17.7 Å².